The highest BCUT2D eigenvalue weighted by atomic mass is 19.1. The van der Waals surface area contributed by atoms with Crippen molar-refractivity contribution in [3.05, 3.63) is 24.4 Å². The van der Waals surface area contributed by atoms with Gasteiger partial charge < -0.3 is 4.90 Å². The monoisotopic (exact) mass is 222 g/mol. The van der Waals surface area contributed by atoms with Crippen LogP contribution in [0.4, 0.5) is 4.39 Å². The van der Waals surface area contributed by atoms with Gasteiger partial charge in [-0.25, -0.2) is 4.39 Å². The van der Waals surface area contributed by atoms with Crippen LogP contribution in [0.5, 0.6) is 0 Å². The molecule has 1 saturated heterocycles. The Balaban J connectivity index is 1.84. The number of aliphatic imine (C=N–C) groups is 1. The van der Waals surface area contributed by atoms with Gasteiger partial charge in [0.2, 0.25) is 0 Å². The molecule has 0 aromatic carbocycles. The second-order valence-electron chi connectivity index (χ2n) is 4.45. The van der Waals surface area contributed by atoms with Crippen LogP contribution in [0.2, 0.25) is 0 Å². The van der Waals surface area contributed by atoms with E-state index in [1.165, 1.54) is 5.71 Å². The van der Waals surface area contributed by atoms with Gasteiger partial charge in [-0.2, -0.15) is 0 Å². The number of allylic oxidation sites excluding steroid dienone is 2. The average molecular weight is 222 g/mol. The molecule has 0 N–H and O–H groups in total. The first-order valence-corrected chi connectivity index (χ1v) is 6.02. The van der Waals surface area contributed by atoms with Crippen LogP contribution in [-0.4, -0.2) is 36.9 Å². The Hall–Kier alpha value is -0.960. The zero-order valence-corrected chi connectivity index (χ0v) is 9.66. The van der Waals surface area contributed by atoms with Gasteiger partial charge in [-0.3, -0.25) is 4.99 Å². The van der Waals surface area contributed by atoms with Gasteiger partial charge in [0.25, 0.3) is 0 Å². The van der Waals surface area contributed by atoms with Gasteiger partial charge in [0.05, 0.1) is 5.70 Å². The summed E-state index contributed by atoms with van der Waals surface area (Å²) in [5.41, 5.74) is 2.32. The van der Waals surface area contributed by atoms with Gasteiger partial charge in [-0.1, -0.05) is 12.7 Å². The van der Waals surface area contributed by atoms with Crippen molar-refractivity contribution in [3.63, 3.8) is 0 Å². The molecule has 16 heavy (non-hydrogen) atoms. The highest BCUT2D eigenvalue weighted by molar-refractivity contribution is 5.91. The Morgan fingerprint density at radius 2 is 2.25 bits per heavy atom. The summed E-state index contributed by atoms with van der Waals surface area (Å²) < 4.78 is 12.2. The lowest BCUT2D eigenvalue weighted by Gasteiger charge is -2.31. The number of hydrogen-bond donors (Lipinski definition) is 0. The quantitative estimate of drug-likeness (QED) is 0.714. The van der Waals surface area contributed by atoms with E-state index < -0.39 is 0 Å². The summed E-state index contributed by atoms with van der Waals surface area (Å²) in [5.74, 6) is 0.601. The third kappa shape index (κ3) is 2.59. The summed E-state index contributed by atoms with van der Waals surface area (Å²) in [7, 11) is 0. The Bertz CT molecular complexity index is 312. The van der Waals surface area contributed by atoms with Crippen molar-refractivity contribution in [3.8, 4) is 0 Å². The first kappa shape index (κ1) is 11.5. The number of halogens is 1. The number of hydrogen-bond acceptors (Lipinski definition) is 2. The average Bonchev–Trinajstić information content (AvgIpc) is 2.79. The number of alkyl halides is 1. The zero-order chi connectivity index (χ0) is 11.4. The minimum Gasteiger partial charge on any atom is -0.301 e. The predicted molar refractivity (Wildman–Crippen MR) is 65.5 cm³/mol. The lowest BCUT2D eigenvalue weighted by Crippen LogP contribution is -2.37. The second kappa shape index (κ2) is 5.39. The predicted octanol–water partition coefficient (Wildman–Crippen LogP) is 2.58. The van der Waals surface area contributed by atoms with Gasteiger partial charge >= 0.3 is 0 Å². The molecule has 0 spiro atoms. The molecule has 1 fully saturated rings. The van der Waals surface area contributed by atoms with Crippen LogP contribution in [0.1, 0.15) is 19.3 Å². The molecule has 2 aliphatic rings. The van der Waals surface area contributed by atoms with Crippen LogP contribution in [0.25, 0.3) is 0 Å². The van der Waals surface area contributed by atoms with Crippen LogP contribution in [0, 0.1) is 5.92 Å². The van der Waals surface area contributed by atoms with E-state index in [9.17, 15) is 4.39 Å². The maximum absolute atomic E-state index is 12.2. The fourth-order valence-electron chi connectivity index (χ4n) is 2.46. The molecule has 2 nitrogen and oxygen atoms in total. The summed E-state index contributed by atoms with van der Waals surface area (Å²) in [6, 6.07) is 0. The first-order chi connectivity index (χ1) is 7.83. The van der Waals surface area contributed by atoms with E-state index in [-0.39, 0.29) is 6.67 Å². The minimum absolute atomic E-state index is 0.228. The van der Waals surface area contributed by atoms with Gasteiger partial charge in [-0.15, -0.1) is 0 Å². The van der Waals surface area contributed by atoms with Crippen molar-refractivity contribution in [2.24, 2.45) is 10.9 Å². The maximum atomic E-state index is 12.2. The molecule has 0 amide bonds. The summed E-state index contributed by atoms with van der Waals surface area (Å²) in [4.78, 5) is 6.77. The van der Waals surface area contributed by atoms with Crippen molar-refractivity contribution in [2.45, 2.75) is 19.3 Å². The van der Waals surface area contributed by atoms with Crippen LogP contribution < -0.4 is 0 Å². The van der Waals surface area contributed by atoms with E-state index in [0.29, 0.717) is 12.5 Å². The molecule has 0 atom stereocenters. The van der Waals surface area contributed by atoms with Crippen LogP contribution in [0.3, 0.4) is 0 Å². The summed E-state index contributed by atoms with van der Waals surface area (Å²) >= 11 is 0. The SMILES string of the molecule is C=CC1=CCC(C2CCN(CCF)CC2)=N1. The fourth-order valence-corrected chi connectivity index (χ4v) is 2.46. The van der Waals surface area contributed by atoms with E-state index in [1.807, 2.05) is 6.08 Å². The van der Waals surface area contributed by atoms with Crippen molar-refractivity contribution < 1.29 is 4.39 Å². The number of likely N-dealkylation sites (tertiary alicyclic amines) is 1. The molecule has 0 aromatic heterocycles. The fraction of sp³-hybridized carbons (Fsp3) is 0.615. The van der Waals surface area contributed by atoms with Crippen molar-refractivity contribution >= 4 is 5.71 Å². The van der Waals surface area contributed by atoms with Gasteiger partial charge in [0, 0.05) is 24.6 Å². The molecule has 2 aliphatic heterocycles. The van der Waals surface area contributed by atoms with Crippen LogP contribution in [-0.2, 0) is 0 Å². The largest absolute Gasteiger partial charge is 0.301 e. The first-order valence-electron chi connectivity index (χ1n) is 6.02. The topological polar surface area (TPSA) is 15.6 Å². The number of rotatable bonds is 4. The lowest BCUT2D eigenvalue weighted by molar-refractivity contribution is 0.194. The summed E-state index contributed by atoms with van der Waals surface area (Å²) in [6.45, 7) is 6.12. The summed E-state index contributed by atoms with van der Waals surface area (Å²) in [5, 5.41) is 0. The Morgan fingerprint density at radius 3 is 2.81 bits per heavy atom. The maximum Gasteiger partial charge on any atom is 0.102 e. The van der Waals surface area contributed by atoms with Crippen molar-refractivity contribution in [1.82, 2.24) is 4.90 Å². The zero-order valence-electron chi connectivity index (χ0n) is 9.66. The molecule has 0 saturated carbocycles. The number of nitrogens with zero attached hydrogens (tertiary/aromatic N) is 2. The molecule has 88 valence electrons. The lowest BCUT2D eigenvalue weighted by atomic mass is 9.91. The number of piperidine rings is 1. The van der Waals surface area contributed by atoms with E-state index in [0.717, 1.165) is 38.0 Å². The van der Waals surface area contributed by atoms with E-state index in [2.05, 4.69) is 22.5 Å². The second-order valence-corrected chi connectivity index (χ2v) is 4.45. The van der Waals surface area contributed by atoms with E-state index >= 15 is 0 Å². The Kier molecular flexibility index (Phi) is 3.88. The molecule has 0 bridgehead atoms. The molecule has 0 aliphatic carbocycles. The van der Waals surface area contributed by atoms with Gasteiger partial charge in [0.15, 0.2) is 0 Å². The molecule has 2 rings (SSSR count). The normalized spacial score (nSPS) is 23.1. The molecule has 3 heteroatoms. The Labute approximate surface area is 96.5 Å². The van der Waals surface area contributed by atoms with Crippen LogP contribution in [0.15, 0.2) is 29.4 Å². The highest BCUT2D eigenvalue weighted by Crippen LogP contribution is 2.25. The van der Waals surface area contributed by atoms with Crippen molar-refractivity contribution in [2.75, 3.05) is 26.3 Å². The standard InChI is InChI=1S/C13H19FN2/c1-2-12-3-4-13(15-12)11-5-8-16(9-6-11)10-7-14/h2-3,11H,1,4-10H2. The molecule has 0 unspecified atom stereocenters. The molecule has 2 heterocycles. The summed E-state index contributed by atoms with van der Waals surface area (Å²) in [6.07, 6.45) is 7.17. The third-order valence-corrected chi connectivity index (χ3v) is 3.46. The Morgan fingerprint density at radius 1 is 1.50 bits per heavy atom. The third-order valence-electron chi connectivity index (χ3n) is 3.46. The highest BCUT2D eigenvalue weighted by Gasteiger charge is 2.24. The van der Waals surface area contributed by atoms with Gasteiger partial charge in [0.1, 0.15) is 6.67 Å². The van der Waals surface area contributed by atoms with Crippen LogP contribution >= 0.6 is 0 Å². The van der Waals surface area contributed by atoms with E-state index in [1.54, 1.807) is 0 Å². The molecule has 0 radical (unpaired) electrons. The van der Waals surface area contributed by atoms with Crippen molar-refractivity contribution in [1.29, 1.82) is 0 Å². The molecule has 0 aromatic rings. The molecular weight excluding hydrogens is 203 g/mol. The molecular formula is C13H19FN2. The van der Waals surface area contributed by atoms with E-state index in [4.69, 9.17) is 0 Å². The smallest absolute Gasteiger partial charge is 0.102 e. The minimum atomic E-state index is -0.228. The van der Waals surface area contributed by atoms with Gasteiger partial charge in [-0.05, 0) is 32.0 Å².